The maximum atomic E-state index is 6.05. The molecule has 2 fully saturated rings. The van der Waals surface area contributed by atoms with Crippen LogP contribution in [0.1, 0.15) is 38.5 Å². The fourth-order valence-corrected chi connectivity index (χ4v) is 2.62. The normalized spacial score (nSPS) is 25.3. The van der Waals surface area contributed by atoms with Crippen molar-refractivity contribution < 1.29 is 4.74 Å². The van der Waals surface area contributed by atoms with Crippen molar-refractivity contribution in [2.24, 2.45) is 10.7 Å². The van der Waals surface area contributed by atoms with Gasteiger partial charge in [-0.25, -0.2) is 4.99 Å². The van der Waals surface area contributed by atoms with Crippen LogP contribution in [0.5, 0.6) is 0 Å². The summed E-state index contributed by atoms with van der Waals surface area (Å²) < 4.78 is 5.35. The van der Waals surface area contributed by atoms with Gasteiger partial charge in [0, 0.05) is 20.2 Å². The van der Waals surface area contributed by atoms with Crippen LogP contribution in [0, 0.1) is 0 Å². The van der Waals surface area contributed by atoms with E-state index in [1.165, 1.54) is 25.7 Å². The lowest BCUT2D eigenvalue weighted by molar-refractivity contribution is 0.0575. The summed E-state index contributed by atoms with van der Waals surface area (Å²) in [6.45, 7) is 1.97. The fourth-order valence-electron chi connectivity index (χ4n) is 2.62. The lowest BCUT2D eigenvalue weighted by Gasteiger charge is -2.32. The molecule has 0 atom stereocenters. The van der Waals surface area contributed by atoms with Crippen molar-refractivity contribution in [1.82, 2.24) is 4.90 Å². The van der Waals surface area contributed by atoms with Gasteiger partial charge in [0.2, 0.25) is 0 Å². The van der Waals surface area contributed by atoms with Gasteiger partial charge in [0.1, 0.15) is 0 Å². The Morgan fingerprint density at radius 1 is 1.19 bits per heavy atom. The number of hydrogen-bond donors (Lipinski definition) is 1. The molecule has 0 spiro atoms. The predicted octanol–water partition coefficient (Wildman–Crippen LogP) is 1.35. The first-order chi connectivity index (χ1) is 7.79. The summed E-state index contributed by atoms with van der Waals surface area (Å²) in [6.07, 6.45) is 7.61. The third-order valence-corrected chi connectivity index (χ3v) is 3.74. The van der Waals surface area contributed by atoms with Gasteiger partial charge in [-0.05, 0) is 25.7 Å². The summed E-state index contributed by atoms with van der Waals surface area (Å²) in [5.74, 6) is 0.751. The van der Waals surface area contributed by atoms with Gasteiger partial charge in [0.25, 0.3) is 0 Å². The van der Waals surface area contributed by atoms with Crippen LogP contribution < -0.4 is 5.73 Å². The van der Waals surface area contributed by atoms with Crippen LogP contribution in [0.3, 0.4) is 0 Å². The fraction of sp³-hybridized carbons (Fsp3) is 0.917. The van der Waals surface area contributed by atoms with Gasteiger partial charge >= 0.3 is 0 Å². The minimum absolute atomic E-state index is 0.413. The highest BCUT2D eigenvalue weighted by Gasteiger charge is 2.21. The van der Waals surface area contributed by atoms with Crippen LogP contribution in [0.15, 0.2) is 4.99 Å². The molecule has 92 valence electrons. The van der Waals surface area contributed by atoms with E-state index < -0.39 is 0 Å². The van der Waals surface area contributed by atoms with Crippen LogP contribution >= 0.6 is 0 Å². The predicted molar refractivity (Wildman–Crippen MR) is 65.5 cm³/mol. The van der Waals surface area contributed by atoms with Crippen molar-refractivity contribution in [1.29, 1.82) is 0 Å². The maximum Gasteiger partial charge on any atom is 0.191 e. The van der Waals surface area contributed by atoms with E-state index in [0.717, 1.165) is 31.9 Å². The maximum absolute atomic E-state index is 6.05. The summed E-state index contributed by atoms with van der Waals surface area (Å²) in [7, 11) is 1.79. The smallest absolute Gasteiger partial charge is 0.191 e. The molecular weight excluding hydrogens is 202 g/mol. The molecule has 0 aromatic heterocycles. The van der Waals surface area contributed by atoms with Crippen LogP contribution in [-0.2, 0) is 4.74 Å². The lowest BCUT2D eigenvalue weighted by atomic mass is 10.1. The third-order valence-electron chi connectivity index (χ3n) is 3.74. The largest absolute Gasteiger partial charge is 0.381 e. The molecule has 0 aromatic rings. The number of rotatable bonds is 2. The molecule has 2 N–H and O–H groups in total. The molecule has 0 aromatic carbocycles. The van der Waals surface area contributed by atoms with E-state index >= 15 is 0 Å². The van der Waals surface area contributed by atoms with E-state index in [9.17, 15) is 0 Å². The summed E-state index contributed by atoms with van der Waals surface area (Å²) in [5.41, 5.74) is 6.05. The topological polar surface area (TPSA) is 50.9 Å². The Kier molecular flexibility index (Phi) is 4.04. The highest BCUT2D eigenvalue weighted by Crippen LogP contribution is 2.21. The average Bonchev–Trinajstić information content (AvgIpc) is 2.82. The summed E-state index contributed by atoms with van der Waals surface area (Å²) in [4.78, 5) is 6.83. The Labute approximate surface area is 97.9 Å². The number of nitrogens with two attached hydrogens (primary N) is 1. The molecule has 0 bridgehead atoms. The third kappa shape index (κ3) is 2.88. The van der Waals surface area contributed by atoms with E-state index in [0.29, 0.717) is 12.1 Å². The van der Waals surface area contributed by atoms with Crippen LogP contribution in [0.25, 0.3) is 0 Å². The molecule has 4 heteroatoms. The number of guanidine groups is 1. The Morgan fingerprint density at radius 3 is 2.38 bits per heavy atom. The summed E-state index contributed by atoms with van der Waals surface area (Å²) in [5, 5.41) is 0. The van der Waals surface area contributed by atoms with Gasteiger partial charge in [-0.15, -0.1) is 0 Å². The van der Waals surface area contributed by atoms with Crippen molar-refractivity contribution in [3.8, 4) is 0 Å². The molecular formula is C12H23N3O. The Bertz CT molecular complexity index is 241. The van der Waals surface area contributed by atoms with Gasteiger partial charge in [-0.3, -0.25) is 0 Å². The number of methoxy groups -OCH3 is 1. The molecule has 0 unspecified atom stereocenters. The molecule has 1 aliphatic heterocycles. The zero-order chi connectivity index (χ0) is 11.4. The van der Waals surface area contributed by atoms with Crippen molar-refractivity contribution in [2.45, 2.75) is 50.7 Å². The number of piperidine rings is 1. The van der Waals surface area contributed by atoms with Gasteiger partial charge in [0.15, 0.2) is 5.96 Å². The van der Waals surface area contributed by atoms with E-state index in [1.54, 1.807) is 7.11 Å². The van der Waals surface area contributed by atoms with Crippen molar-refractivity contribution in [2.75, 3.05) is 20.2 Å². The lowest BCUT2D eigenvalue weighted by Crippen LogP contribution is -2.44. The molecule has 2 aliphatic rings. The van der Waals surface area contributed by atoms with Crippen LogP contribution in [0.4, 0.5) is 0 Å². The summed E-state index contributed by atoms with van der Waals surface area (Å²) in [6, 6.07) is 0.486. The van der Waals surface area contributed by atoms with E-state index in [4.69, 9.17) is 10.5 Å². The van der Waals surface area contributed by atoms with Crippen molar-refractivity contribution >= 4 is 5.96 Å². The quantitative estimate of drug-likeness (QED) is 0.570. The number of aliphatic imine (C=N–C) groups is 1. The Hall–Kier alpha value is -0.770. The highest BCUT2D eigenvalue weighted by molar-refractivity contribution is 5.78. The minimum atomic E-state index is 0.413. The Balaban J connectivity index is 1.83. The van der Waals surface area contributed by atoms with E-state index in [2.05, 4.69) is 9.89 Å². The number of ether oxygens (including phenoxy) is 1. The first kappa shape index (κ1) is 11.7. The van der Waals surface area contributed by atoms with Crippen LogP contribution in [0.2, 0.25) is 0 Å². The molecule has 4 nitrogen and oxygen atoms in total. The summed E-state index contributed by atoms with van der Waals surface area (Å²) >= 11 is 0. The second-order valence-corrected chi connectivity index (χ2v) is 4.85. The van der Waals surface area contributed by atoms with Crippen LogP contribution in [-0.4, -0.2) is 43.2 Å². The monoisotopic (exact) mass is 225 g/mol. The first-order valence-corrected chi connectivity index (χ1v) is 6.40. The molecule has 16 heavy (non-hydrogen) atoms. The van der Waals surface area contributed by atoms with Crippen molar-refractivity contribution in [3.63, 3.8) is 0 Å². The number of hydrogen-bond acceptors (Lipinski definition) is 2. The second kappa shape index (κ2) is 5.53. The SMILES string of the molecule is COC1CCN(C(N)=NC2CCCC2)CC1. The molecule has 0 amide bonds. The first-order valence-electron chi connectivity index (χ1n) is 6.40. The molecule has 1 saturated heterocycles. The van der Waals surface area contributed by atoms with Gasteiger partial charge in [-0.2, -0.15) is 0 Å². The average molecular weight is 225 g/mol. The molecule has 1 saturated carbocycles. The van der Waals surface area contributed by atoms with E-state index in [-0.39, 0.29) is 0 Å². The zero-order valence-corrected chi connectivity index (χ0v) is 10.2. The second-order valence-electron chi connectivity index (χ2n) is 4.85. The number of likely N-dealkylation sites (tertiary alicyclic amines) is 1. The molecule has 2 rings (SSSR count). The minimum Gasteiger partial charge on any atom is -0.381 e. The van der Waals surface area contributed by atoms with E-state index in [1.807, 2.05) is 0 Å². The van der Waals surface area contributed by atoms with Gasteiger partial charge in [-0.1, -0.05) is 12.8 Å². The molecule has 1 aliphatic carbocycles. The zero-order valence-electron chi connectivity index (χ0n) is 10.2. The molecule has 0 radical (unpaired) electrons. The standard InChI is InChI=1S/C12H23N3O/c1-16-11-6-8-15(9-7-11)12(13)14-10-4-2-3-5-10/h10-11H,2-9H2,1H3,(H2,13,14). The van der Waals surface area contributed by atoms with Crippen molar-refractivity contribution in [3.05, 3.63) is 0 Å². The highest BCUT2D eigenvalue weighted by atomic mass is 16.5. The van der Waals surface area contributed by atoms with Gasteiger partial charge in [0.05, 0.1) is 12.1 Å². The van der Waals surface area contributed by atoms with Gasteiger partial charge < -0.3 is 15.4 Å². The Morgan fingerprint density at radius 2 is 1.81 bits per heavy atom. The number of nitrogens with zero attached hydrogens (tertiary/aromatic N) is 2. The molecule has 1 heterocycles.